The Morgan fingerprint density at radius 1 is 1.18 bits per heavy atom. The van der Waals surface area contributed by atoms with Crippen molar-refractivity contribution in [2.24, 2.45) is 0 Å². The largest absolute Gasteiger partial charge is 0.353 e. The SMILES string of the molecule is CCCCCCNC(=O)/C=C/c1ccccc1. The third-order valence-corrected chi connectivity index (χ3v) is 2.56. The molecule has 0 aliphatic heterocycles. The van der Waals surface area contributed by atoms with Gasteiger partial charge in [0, 0.05) is 12.6 Å². The minimum absolute atomic E-state index is 0.00893. The summed E-state index contributed by atoms with van der Waals surface area (Å²) in [5.74, 6) is -0.00893. The number of benzene rings is 1. The van der Waals surface area contributed by atoms with Gasteiger partial charge in [-0.2, -0.15) is 0 Å². The Morgan fingerprint density at radius 2 is 1.94 bits per heavy atom. The van der Waals surface area contributed by atoms with E-state index in [9.17, 15) is 4.79 Å². The molecule has 0 bridgehead atoms. The number of rotatable bonds is 7. The van der Waals surface area contributed by atoms with Crippen molar-refractivity contribution in [1.82, 2.24) is 5.32 Å². The second kappa shape index (κ2) is 8.57. The molecular formula is C15H21NO. The molecule has 1 aromatic rings. The molecule has 1 N–H and O–H groups in total. The smallest absolute Gasteiger partial charge is 0.243 e. The van der Waals surface area contributed by atoms with Gasteiger partial charge in [0.25, 0.3) is 0 Å². The molecular weight excluding hydrogens is 210 g/mol. The van der Waals surface area contributed by atoms with Gasteiger partial charge >= 0.3 is 0 Å². The third-order valence-electron chi connectivity index (χ3n) is 2.56. The number of amides is 1. The lowest BCUT2D eigenvalue weighted by atomic mass is 10.2. The van der Waals surface area contributed by atoms with Crippen molar-refractivity contribution in [1.29, 1.82) is 0 Å². The van der Waals surface area contributed by atoms with Crippen molar-refractivity contribution < 1.29 is 4.79 Å². The van der Waals surface area contributed by atoms with Crippen LogP contribution in [0.4, 0.5) is 0 Å². The Morgan fingerprint density at radius 3 is 2.65 bits per heavy atom. The topological polar surface area (TPSA) is 29.1 Å². The van der Waals surface area contributed by atoms with Crippen LogP contribution in [0.25, 0.3) is 6.08 Å². The molecule has 0 spiro atoms. The summed E-state index contributed by atoms with van der Waals surface area (Å²) in [6.07, 6.45) is 8.16. The van der Waals surface area contributed by atoms with Crippen LogP contribution in [0.15, 0.2) is 36.4 Å². The summed E-state index contributed by atoms with van der Waals surface area (Å²) in [7, 11) is 0. The molecule has 1 amide bonds. The summed E-state index contributed by atoms with van der Waals surface area (Å²) in [5, 5.41) is 2.89. The summed E-state index contributed by atoms with van der Waals surface area (Å²) < 4.78 is 0. The first-order valence-corrected chi connectivity index (χ1v) is 6.34. The van der Waals surface area contributed by atoms with E-state index >= 15 is 0 Å². The number of carbonyl (C=O) groups is 1. The van der Waals surface area contributed by atoms with Crippen LogP contribution >= 0.6 is 0 Å². The summed E-state index contributed by atoms with van der Waals surface area (Å²) in [5.41, 5.74) is 1.05. The maximum Gasteiger partial charge on any atom is 0.243 e. The highest BCUT2D eigenvalue weighted by molar-refractivity contribution is 5.91. The summed E-state index contributed by atoms with van der Waals surface area (Å²) in [6.45, 7) is 2.96. The second-order valence-electron chi connectivity index (χ2n) is 4.10. The van der Waals surface area contributed by atoms with E-state index in [1.165, 1.54) is 19.3 Å². The number of carbonyl (C=O) groups excluding carboxylic acids is 1. The fraction of sp³-hybridized carbons (Fsp3) is 0.400. The molecule has 0 aromatic heterocycles. The van der Waals surface area contributed by atoms with E-state index < -0.39 is 0 Å². The second-order valence-corrected chi connectivity index (χ2v) is 4.10. The Labute approximate surface area is 104 Å². The Balaban J connectivity index is 2.19. The lowest BCUT2D eigenvalue weighted by molar-refractivity contribution is -0.116. The van der Waals surface area contributed by atoms with E-state index in [0.29, 0.717) is 0 Å². The third kappa shape index (κ3) is 6.56. The highest BCUT2D eigenvalue weighted by atomic mass is 16.1. The minimum Gasteiger partial charge on any atom is -0.353 e. The fourth-order valence-electron chi connectivity index (χ4n) is 1.56. The number of hydrogen-bond acceptors (Lipinski definition) is 1. The quantitative estimate of drug-likeness (QED) is 0.565. The normalized spacial score (nSPS) is 10.6. The molecule has 2 nitrogen and oxygen atoms in total. The van der Waals surface area contributed by atoms with Gasteiger partial charge in [-0.15, -0.1) is 0 Å². The van der Waals surface area contributed by atoms with Gasteiger partial charge in [0.15, 0.2) is 0 Å². The Hall–Kier alpha value is -1.57. The van der Waals surface area contributed by atoms with Crippen molar-refractivity contribution >= 4 is 12.0 Å². The van der Waals surface area contributed by atoms with Gasteiger partial charge in [-0.25, -0.2) is 0 Å². The molecule has 17 heavy (non-hydrogen) atoms. The molecule has 0 aliphatic carbocycles. The average molecular weight is 231 g/mol. The zero-order valence-electron chi connectivity index (χ0n) is 10.5. The van der Waals surface area contributed by atoms with Gasteiger partial charge in [-0.05, 0) is 18.1 Å². The van der Waals surface area contributed by atoms with E-state index in [4.69, 9.17) is 0 Å². The van der Waals surface area contributed by atoms with Crippen LogP contribution < -0.4 is 5.32 Å². The summed E-state index contributed by atoms with van der Waals surface area (Å²) in [6, 6.07) is 9.84. The first kappa shape index (κ1) is 13.5. The van der Waals surface area contributed by atoms with Crippen molar-refractivity contribution in [3.8, 4) is 0 Å². The molecule has 2 heteroatoms. The Kier molecular flexibility index (Phi) is 6.80. The van der Waals surface area contributed by atoms with E-state index in [1.54, 1.807) is 6.08 Å². The van der Waals surface area contributed by atoms with E-state index in [2.05, 4.69) is 12.2 Å². The fourth-order valence-corrected chi connectivity index (χ4v) is 1.56. The van der Waals surface area contributed by atoms with Crippen LogP contribution in [0.3, 0.4) is 0 Å². The molecule has 0 unspecified atom stereocenters. The van der Waals surface area contributed by atoms with E-state index in [1.807, 2.05) is 36.4 Å². The van der Waals surface area contributed by atoms with Crippen molar-refractivity contribution in [3.63, 3.8) is 0 Å². The number of nitrogens with one attached hydrogen (secondary N) is 1. The first-order chi connectivity index (χ1) is 8.33. The minimum atomic E-state index is -0.00893. The van der Waals surface area contributed by atoms with Crippen LogP contribution in [-0.4, -0.2) is 12.5 Å². The predicted molar refractivity (Wildman–Crippen MR) is 72.6 cm³/mol. The highest BCUT2D eigenvalue weighted by Gasteiger charge is 1.94. The van der Waals surface area contributed by atoms with Gasteiger partial charge in [0.1, 0.15) is 0 Å². The lowest BCUT2D eigenvalue weighted by Crippen LogP contribution is -2.21. The molecule has 0 aliphatic rings. The van der Waals surface area contributed by atoms with Crippen LogP contribution in [0, 0.1) is 0 Å². The Bertz CT molecular complexity index is 343. The monoisotopic (exact) mass is 231 g/mol. The maximum atomic E-state index is 11.5. The highest BCUT2D eigenvalue weighted by Crippen LogP contribution is 2.00. The molecule has 1 rings (SSSR count). The maximum absolute atomic E-state index is 11.5. The van der Waals surface area contributed by atoms with Crippen LogP contribution in [0.1, 0.15) is 38.2 Å². The van der Waals surface area contributed by atoms with Gasteiger partial charge in [-0.3, -0.25) is 4.79 Å². The summed E-state index contributed by atoms with van der Waals surface area (Å²) in [4.78, 5) is 11.5. The van der Waals surface area contributed by atoms with Crippen LogP contribution in [-0.2, 0) is 4.79 Å². The zero-order chi connectivity index (χ0) is 12.3. The molecule has 0 atom stereocenters. The molecule has 0 saturated carbocycles. The van der Waals surface area contributed by atoms with Gasteiger partial charge in [-0.1, -0.05) is 56.5 Å². The average Bonchev–Trinajstić information content (AvgIpc) is 2.37. The van der Waals surface area contributed by atoms with Crippen LogP contribution in [0.2, 0.25) is 0 Å². The van der Waals surface area contributed by atoms with E-state index in [0.717, 1.165) is 18.5 Å². The van der Waals surface area contributed by atoms with Crippen molar-refractivity contribution in [3.05, 3.63) is 42.0 Å². The molecule has 0 fully saturated rings. The molecule has 92 valence electrons. The number of unbranched alkanes of at least 4 members (excludes halogenated alkanes) is 3. The molecule has 0 heterocycles. The molecule has 1 aromatic carbocycles. The van der Waals surface area contributed by atoms with Gasteiger partial charge in [0.2, 0.25) is 5.91 Å². The standard InChI is InChI=1S/C15H21NO/c1-2-3-4-8-13-16-15(17)12-11-14-9-6-5-7-10-14/h5-7,9-12H,2-4,8,13H2,1H3,(H,16,17)/b12-11+. The van der Waals surface area contributed by atoms with Crippen molar-refractivity contribution in [2.75, 3.05) is 6.54 Å². The predicted octanol–water partition coefficient (Wildman–Crippen LogP) is 3.40. The van der Waals surface area contributed by atoms with Crippen LogP contribution in [0.5, 0.6) is 0 Å². The zero-order valence-corrected chi connectivity index (χ0v) is 10.5. The number of hydrogen-bond donors (Lipinski definition) is 1. The first-order valence-electron chi connectivity index (χ1n) is 6.34. The molecule has 0 saturated heterocycles. The summed E-state index contributed by atoms with van der Waals surface area (Å²) >= 11 is 0. The lowest BCUT2D eigenvalue weighted by Gasteiger charge is -2.01. The van der Waals surface area contributed by atoms with E-state index in [-0.39, 0.29) is 5.91 Å². The van der Waals surface area contributed by atoms with Gasteiger partial charge < -0.3 is 5.32 Å². The molecule has 0 radical (unpaired) electrons. The van der Waals surface area contributed by atoms with Crippen molar-refractivity contribution in [2.45, 2.75) is 32.6 Å². The van der Waals surface area contributed by atoms with Gasteiger partial charge in [0.05, 0.1) is 0 Å².